The monoisotopic (exact) mass is 1110 g/mol. The number of halogens is 6. The van der Waals surface area contributed by atoms with Crippen LogP contribution in [0.2, 0.25) is 0 Å². The van der Waals surface area contributed by atoms with E-state index in [0.717, 1.165) is 63.2 Å². The second-order valence-corrected chi connectivity index (χ2v) is 25.6. The van der Waals surface area contributed by atoms with Gasteiger partial charge in [-0.2, -0.15) is 34.8 Å². The van der Waals surface area contributed by atoms with Crippen LogP contribution in [0, 0.1) is 0 Å². The zero-order valence-electron chi connectivity index (χ0n) is 43.7. The van der Waals surface area contributed by atoms with Crippen LogP contribution in [0.25, 0.3) is 11.6 Å². The van der Waals surface area contributed by atoms with Crippen molar-refractivity contribution >= 4 is 41.8 Å². The molecule has 0 bridgehead atoms. The van der Waals surface area contributed by atoms with Gasteiger partial charge in [-0.05, 0) is 135 Å². The molecule has 1 aliphatic heterocycles. The van der Waals surface area contributed by atoms with Gasteiger partial charge in [0.25, 0.3) is 20.0 Å². The maximum Gasteiger partial charge on any atom is 0.450 e. The van der Waals surface area contributed by atoms with Gasteiger partial charge in [0.15, 0.2) is 0 Å². The van der Waals surface area contributed by atoms with E-state index in [1.165, 1.54) is 24.3 Å². The molecular formula is C58H61F6NO8S3. The average Bonchev–Trinajstić information content (AvgIpc) is 3.34. The first-order valence-corrected chi connectivity index (χ1v) is 29.2. The second-order valence-electron chi connectivity index (χ2n) is 20.4. The van der Waals surface area contributed by atoms with Crippen molar-refractivity contribution in [3.05, 3.63) is 187 Å². The normalized spacial score (nSPS) is 14.3. The van der Waals surface area contributed by atoms with Crippen LogP contribution >= 0.6 is 0 Å². The molecule has 76 heavy (non-hydrogen) atoms. The Kier molecular flexibility index (Phi) is 16.3. The first-order chi connectivity index (χ1) is 35.4. The highest BCUT2D eigenvalue weighted by molar-refractivity contribution is 8.05. The van der Waals surface area contributed by atoms with Gasteiger partial charge in [-0.15, -0.1) is 0 Å². The van der Waals surface area contributed by atoms with Gasteiger partial charge in [0, 0.05) is 21.9 Å². The highest BCUT2D eigenvalue weighted by Crippen LogP contribution is 2.51. The van der Waals surface area contributed by atoms with Gasteiger partial charge in [-0.1, -0.05) is 158 Å². The third kappa shape index (κ3) is 10.8. The summed E-state index contributed by atoms with van der Waals surface area (Å²) < 4.78 is 186. The number of sulfonamides is 2. The van der Waals surface area contributed by atoms with Crippen molar-refractivity contribution in [2.75, 3.05) is 0 Å². The molecule has 0 fully saturated rings. The molecule has 0 amide bonds. The summed E-state index contributed by atoms with van der Waals surface area (Å²) in [5.41, 5.74) is 7.93. The van der Waals surface area contributed by atoms with E-state index in [2.05, 4.69) is 71.7 Å². The van der Waals surface area contributed by atoms with Crippen LogP contribution in [0.3, 0.4) is 0 Å². The van der Waals surface area contributed by atoms with Crippen LogP contribution < -0.4 is 23.5 Å². The van der Waals surface area contributed by atoms with Gasteiger partial charge in [0.1, 0.15) is 17.2 Å². The summed E-state index contributed by atoms with van der Waals surface area (Å²) in [6.07, 6.45) is 3.06. The molecule has 18 heteroatoms. The molecule has 1 heterocycles. The van der Waals surface area contributed by atoms with Crippen LogP contribution in [-0.2, 0) is 36.6 Å². The van der Waals surface area contributed by atoms with E-state index in [0.29, 0.717) is 27.8 Å². The summed E-state index contributed by atoms with van der Waals surface area (Å²) in [7, 11) is -20.6. The second kappa shape index (κ2) is 21.5. The number of fused-ring (bicyclic) bond motifs is 2. The predicted molar refractivity (Wildman–Crippen MR) is 285 cm³/mol. The van der Waals surface area contributed by atoms with Crippen LogP contribution in [0.4, 0.5) is 26.3 Å². The van der Waals surface area contributed by atoms with E-state index < -0.39 is 57.2 Å². The lowest BCUT2D eigenvalue weighted by atomic mass is 9.85. The molecule has 1 unspecified atom stereocenters. The molecule has 0 spiro atoms. The van der Waals surface area contributed by atoms with Gasteiger partial charge in [-0.25, -0.2) is 16.8 Å². The number of alkyl halides is 6. The molecule has 1 atom stereocenters. The molecule has 0 radical (unpaired) electrons. The quantitative estimate of drug-likeness (QED) is 0.0625. The fraction of sp³-hybridized carbons (Fsp3) is 0.345. The van der Waals surface area contributed by atoms with E-state index in [1.54, 1.807) is 43.3 Å². The van der Waals surface area contributed by atoms with Gasteiger partial charge >= 0.3 is 26.5 Å². The lowest BCUT2D eigenvalue weighted by Gasteiger charge is -2.31. The topological polar surface area (TPSA) is 133 Å². The lowest BCUT2D eigenvalue weighted by molar-refractivity contribution is -0.245. The fourth-order valence-corrected chi connectivity index (χ4v) is 13.5. The molecule has 6 aromatic carbocycles. The smallest absolute Gasteiger partial charge is 0.450 e. The van der Waals surface area contributed by atoms with Crippen molar-refractivity contribution in [1.82, 2.24) is 4.13 Å². The van der Waals surface area contributed by atoms with Crippen LogP contribution in [0.1, 0.15) is 161 Å². The summed E-state index contributed by atoms with van der Waals surface area (Å²) in [5, 5.41) is -13.1. The molecular weight excluding hydrogens is 1050 g/mol. The summed E-state index contributed by atoms with van der Waals surface area (Å²) in [6, 6.07) is 31.2. The minimum atomic E-state index is -7.50. The summed E-state index contributed by atoms with van der Waals surface area (Å²) in [5.74, 6) is -7.36. The molecule has 0 saturated heterocycles. The molecule has 406 valence electrons. The van der Waals surface area contributed by atoms with Gasteiger partial charge < -0.3 is 8.92 Å². The molecule has 0 aliphatic carbocycles. The highest BCUT2D eigenvalue weighted by Gasteiger charge is 2.83. The summed E-state index contributed by atoms with van der Waals surface area (Å²) >= 11 is 0. The number of ether oxygens (including phenoxy) is 1. The van der Waals surface area contributed by atoms with Crippen molar-refractivity contribution in [2.45, 2.75) is 133 Å². The fourth-order valence-electron chi connectivity index (χ4n) is 9.41. The molecule has 7 rings (SSSR count). The molecule has 9 nitrogen and oxygen atoms in total. The molecule has 6 aromatic rings. The van der Waals surface area contributed by atoms with E-state index in [9.17, 15) is 25.3 Å². The van der Waals surface area contributed by atoms with E-state index in [1.807, 2.05) is 37.3 Å². The predicted octanol–water partition coefficient (Wildman–Crippen LogP) is 13.3. The van der Waals surface area contributed by atoms with Crippen molar-refractivity contribution < 1.29 is 60.5 Å². The minimum Gasteiger partial charge on any atom is -0.456 e. The number of rotatable bonds is 19. The van der Waals surface area contributed by atoms with E-state index in [-0.39, 0.29) is 63.0 Å². The van der Waals surface area contributed by atoms with Crippen molar-refractivity contribution in [1.29, 1.82) is 0 Å². The Balaban J connectivity index is 1.36. The Hall–Kier alpha value is -5.95. The first kappa shape index (κ1) is 57.7. The largest absolute Gasteiger partial charge is 0.456 e. The summed E-state index contributed by atoms with van der Waals surface area (Å²) in [6.45, 7) is 20.3. The number of hydrogen-bond donors (Lipinski definition) is 1. The molecule has 1 N–H and O–H groups in total. The van der Waals surface area contributed by atoms with Crippen LogP contribution in [0.5, 0.6) is 17.2 Å². The Bertz CT molecular complexity index is 3600. The third-order valence-corrected chi connectivity index (χ3v) is 18.6. The zero-order chi connectivity index (χ0) is 56.1. The maximum absolute atomic E-state index is 15.8. The SMILES string of the molecule is CCC(C)c1ccc(OS(=O)(=O)C(F)(F)C(F)(F)C(F)(F)S(=O)(=O)NS(=O)(=O)c2ccccc2C2=c3cc/c(=C\c4c(C(C)C)cccc4C(C)C)cc3Oc3cc(Cc4c(C(C)C)cccc4C(C)C)ccc32)cc1. The minimum absolute atomic E-state index is 0.0904. The Morgan fingerprint density at radius 2 is 1.14 bits per heavy atom. The van der Waals surface area contributed by atoms with Gasteiger partial charge in [-0.3, -0.25) is 0 Å². The maximum atomic E-state index is 15.8. The number of nitrogens with one attached hydrogen (secondary N) is 1. The van der Waals surface area contributed by atoms with Crippen molar-refractivity contribution in [3.63, 3.8) is 0 Å². The number of hydrogen-bond acceptors (Lipinski definition) is 8. The van der Waals surface area contributed by atoms with E-state index >= 15 is 26.3 Å². The standard InChI is InChI=1S/C58H61F6NO8S3/c1-11-38(10)41-24-26-42(27-25-41)73-76(70,71)58(63,64)56(59,60)57(61,62)75(68,69)65-74(66,67)54-21-13-12-16-49(54)55-47-28-22-39(30-50-43(34(2)3)17-14-18-44(50)35(4)5)32-52(47)72-53-33-40(23-29-48(53)55)31-51-45(36(6)7)19-15-20-46(51)37(8)9/h12-30,32-38,65H,11,31H2,1-10H3/b39-30+. The molecule has 0 aromatic heterocycles. The van der Waals surface area contributed by atoms with Gasteiger partial charge in [0.05, 0.1) is 4.90 Å². The number of benzene rings is 6. The van der Waals surface area contributed by atoms with E-state index in [4.69, 9.17) is 4.74 Å². The lowest BCUT2D eigenvalue weighted by Crippen LogP contribution is -2.63. The third-order valence-electron chi connectivity index (χ3n) is 13.7. The van der Waals surface area contributed by atoms with Crippen molar-refractivity contribution in [3.8, 4) is 17.2 Å². The van der Waals surface area contributed by atoms with Crippen molar-refractivity contribution in [2.24, 2.45) is 0 Å². The van der Waals surface area contributed by atoms with Crippen LogP contribution in [0.15, 0.2) is 126 Å². The zero-order valence-corrected chi connectivity index (χ0v) is 46.1. The summed E-state index contributed by atoms with van der Waals surface area (Å²) in [4.78, 5) is -1.05. The average molecular weight is 1110 g/mol. The van der Waals surface area contributed by atoms with Crippen LogP contribution in [-0.4, -0.2) is 41.7 Å². The first-order valence-electron chi connectivity index (χ1n) is 24.8. The molecule has 0 saturated carbocycles. The highest BCUT2D eigenvalue weighted by atomic mass is 32.3. The Morgan fingerprint density at radius 1 is 0.592 bits per heavy atom. The Labute approximate surface area is 441 Å². The molecule has 1 aliphatic rings. The van der Waals surface area contributed by atoms with Gasteiger partial charge in [0.2, 0.25) is 0 Å². The Morgan fingerprint density at radius 3 is 1.70 bits per heavy atom.